The van der Waals surface area contributed by atoms with Crippen LogP contribution in [0, 0.1) is 5.92 Å². The van der Waals surface area contributed by atoms with Gasteiger partial charge in [0.25, 0.3) is 0 Å². The van der Waals surface area contributed by atoms with Crippen LogP contribution in [0.25, 0.3) is 0 Å². The van der Waals surface area contributed by atoms with Gasteiger partial charge in [-0.2, -0.15) is 0 Å². The van der Waals surface area contributed by atoms with E-state index in [9.17, 15) is 4.79 Å². The number of hydrogen-bond donors (Lipinski definition) is 1. The van der Waals surface area contributed by atoms with Crippen molar-refractivity contribution in [3.63, 3.8) is 0 Å². The molecule has 6 heteroatoms. The van der Waals surface area contributed by atoms with Crippen molar-refractivity contribution in [1.29, 1.82) is 0 Å². The topological polar surface area (TPSA) is 54.0 Å². The molecule has 2 saturated heterocycles. The lowest BCUT2D eigenvalue weighted by molar-refractivity contribution is -0.131. The third-order valence-electron chi connectivity index (χ3n) is 4.74. The summed E-state index contributed by atoms with van der Waals surface area (Å²) in [5.74, 6) is 0.922. The first-order chi connectivity index (χ1) is 11.1. The summed E-state index contributed by atoms with van der Waals surface area (Å²) in [6.07, 6.45) is 2.89. The number of methoxy groups -OCH3 is 1. The normalized spacial score (nSPS) is 27.3. The van der Waals surface area contributed by atoms with Crippen molar-refractivity contribution in [3.8, 4) is 0 Å². The molecule has 2 unspecified atom stereocenters. The van der Waals surface area contributed by atoms with Crippen LogP contribution < -0.4 is 5.32 Å². The van der Waals surface area contributed by atoms with E-state index in [1.807, 2.05) is 4.90 Å². The fourth-order valence-electron chi connectivity index (χ4n) is 3.64. The first-order valence-electron chi connectivity index (χ1n) is 8.93. The largest absolute Gasteiger partial charge is 0.383 e. The Hall–Kier alpha value is -0.690. The van der Waals surface area contributed by atoms with Crippen molar-refractivity contribution >= 4 is 5.91 Å². The second-order valence-corrected chi connectivity index (χ2v) is 6.97. The molecule has 0 radical (unpaired) electrons. The Balaban J connectivity index is 1.64. The minimum absolute atomic E-state index is 0.216. The van der Waals surface area contributed by atoms with Gasteiger partial charge in [0.2, 0.25) is 5.91 Å². The average molecular weight is 327 g/mol. The summed E-state index contributed by atoms with van der Waals surface area (Å²) >= 11 is 0. The van der Waals surface area contributed by atoms with E-state index in [0.717, 1.165) is 52.1 Å². The van der Waals surface area contributed by atoms with E-state index in [2.05, 4.69) is 24.1 Å². The summed E-state index contributed by atoms with van der Waals surface area (Å²) in [4.78, 5) is 16.7. The molecule has 23 heavy (non-hydrogen) atoms. The molecule has 1 amide bonds. The molecule has 1 N–H and O–H groups in total. The van der Waals surface area contributed by atoms with Crippen LogP contribution >= 0.6 is 0 Å². The Morgan fingerprint density at radius 3 is 2.48 bits per heavy atom. The first kappa shape index (κ1) is 18.6. The molecule has 2 rings (SSSR count). The number of rotatable bonds is 7. The quantitative estimate of drug-likeness (QED) is 0.693. The third-order valence-corrected chi connectivity index (χ3v) is 4.74. The van der Waals surface area contributed by atoms with Gasteiger partial charge in [-0.05, 0) is 32.6 Å². The molecule has 0 aromatic rings. The number of hydrogen-bond acceptors (Lipinski definition) is 5. The molecule has 2 heterocycles. The highest BCUT2D eigenvalue weighted by Gasteiger charge is 2.27. The second kappa shape index (κ2) is 9.57. The fourth-order valence-corrected chi connectivity index (χ4v) is 3.64. The predicted molar refractivity (Wildman–Crippen MR) is 90.5 cm³/mol. The van der Waals surface area contributed by atoms with Gasteiger partial charge in [-0.3, -0.25) is 9.69 Å². The maximum absolute atomic E-state index is 12.1. The maximum Gasteiger partial charge on any atom is 0.236 e. The Kier molecular flexibility index (Phi) is 7.76. The minimum Gasteiger partial charge on any atom is -0.383 e. The number of amides is 1. The third kappa shape index (κ3) is 6.37. The molecular formula is C17H33N3O3. The Morgan fingerprint density at radius 2 is 1.87 bits per heavy atom. The van der Waals surface area contributed by atoms with Crippen molar-refractivity contribution in [3.05, 3.63) is 0 Å². The summed E-state index contributed by atoms with van der Waals surface area (Å²) < 4.78 is 10.8. The zero-order valence-corrected chi connectivity index (χ0v) is 14.9. The van der Waals surface area contributed by atoms with Gasteiger partial charge >= 0.3 is 0 Å². The van der Waals surface area contributed by atoms with Crippen molar-refractivity contribution in [2.75, 3.05) is 59.5 Å². The van der Waals surface area contributed by atoms with Gasteiger partial charge in [-0.1, -0.05) is 0 Å². The van der Waals surface area contributed by atoms with E-state index in [1.54, 1.807) is 7.11 Å². The lowest BCUT2D eigenvalue weighted by Crippen LogP contribution is -2.49. The molecule has 0 aromatic heterocycles. The minimum atomic E-state index is 0.216. The smallest absolute Gasteiger partial charge is 0.236 e. The van der Waals surface area contributed by atoms with Crippen LogP contribution in [-0.4, -0.2) is 87.4 Å². The number of nitrogens with zero attached hydrogens (tertiary/aromatic N) is 2. The number of nitrogens with one attached hydrogen (secondary N) is 1. The summed E-state index contributed by atoms with van der Waals surface area (Å²) in [6, 6.07) is 0. The summed E-state index contributed by atoms with van der Waals surface area (Å²) in [5.41, 5.74) is 0. The summed E-state index contributed by atoms with van der Waals surface area (Å²) in [5, 5.41) is 3.13. The zero-order chi connectivity index (χ0) is 16.7. The van der Waals surface area contributed by atoms with Gasteiger partial charge in [0.05, 0.1) is 25.4 Å². The molecule has 6 nitrogen and oxygen atoms in total. The van der Waals surface area contributed by atoms with Crippen molar-refractivity contribution in [2.24, 2.45) is 5.92 Å². The molecular weight excluding hydrogens is 294 g/mol. The number of piperidine rings is 1. The molecule has 0 spiro atoms. The highest BCUT2D eigenvalue weighted by Crippen LogP contribution is 2.20. The highest BCUT2D eigenvalue weighted by atomic mass is 16.5. The molecule has 2 fully saturated rings. The Bertz CT molecular complexity index is 349. The van der Waals surface area contributed by atoms with E-state index < -0.39 is 0 Å². The van der Waals surface area contributed by atoms with E-state index in [4.69, 9.17) is 9.47 Å². The van der Waals surface area contributed by atoms with Crippen LogP contribution in [0.5, 0.6) is 0 Å². The van der Waals surface area contributed by atoms with Gasteiger partial charge in [0.15, 0.2) is 0 Å². The van der Waals surface area contributed by atoms with E-state index in [0.29, 0.717) is 31.3 Å². The van der Waals surface area contributed by atoms with Crippen molar-refractivity contribution in [1.82, 2.24) is 15.1 Å². The molecule has 134 valence electrons. The highest BCUT2D eigenvalue weighted by molar-refractivity contribution is 5.78. The van der Waals surface area contributed by atoms with Gasteiger partial charge in [0, 0.05) is 46.4 Å². The van der Waals surface area contributed by atoms with Crippen LogP contribution in [0.1, 0.15) is 26.7 Å². The van der Waals surface area contributed by atoms with Crippen LogP contribution in [-0.2, 0) is 14.3 Å². The number of carbonyl (C=O) groups excluding carboxylic acids is 1. The van der Waals surface area contributed by atoms with Gasteiger partial charge < -0.3 is 19.7 Å². The van der Waals surface area contributed by atoms with E-state index in [1.165, 1.54) is 0 Å². The number of carbonyl (C=O) groups is 1. The van der Waals surface area contributed by atoms with Crippen LogP contribution in [0.3, 0.4) is 0 Å². The van der Waals surface area contributed by atoms with E-state index in [-0.39, 0.29) is 5.91 Å². The fraction of sp³-hybridized carbons (Fsp3) is 0.941. The Labute approximate surface area is 140 Å². The van der Waals surface area contributed by atoms with Gasteiger partial charge in [0.1, 0.15) is 0 Å². The van der Waals surface area contributed by atoms with Crippen LogP contribution in [0.2, 0.25) is 0 Å². The lowest BCUT2D eigenvalue weighted by Gasteiger charge is -2.39. The standard InChI is InChI=1S/C17H33N3O3/c1-14-11-19(12-15(2)23-14)13-16-4-7-20(8-5-16)17(21)10-18-6-9-22-3/h14-16,18H,4-13H2,1-3H3. The molecule has 0 saturated carbocycles. The molecule has 2 aliphatic heterocycles. The lowest BCUT2D eigenvalue weighted by atomic mass is 9.95. The monoisotopic (exact) mass is 327 g/mol. The number of morpholine rings is 1. The van der Waals surface area contributed by atoms with Crippen LogP contribution in [0.15, 0.2) is 0 Å². The second-order valence-electron chi connectivity index (χ2n) is 6.97. The molecule has 0 aromatic carbocycles. The van der Waals surface area contributed by atoms with Crippen molar-refractivity contribution < 1.29 is 14.3 Å². The van der Waals surface area contributed by atoms with Gasteiger partial charge in [-0.25, -0.2) is 0 Å². The molecule has 0 bridgehead atoms. The molecule has 2 atom stereocenters. The average Bonchev–Trinajstić information content (AvgIpc) is 2.51. The van der Waals surface area contributed by atoms with Crippen LogP contribution in [0.4, 0.5) is 0 Å². The van der Waals surface area contributed by atoms with Gasteiger partial charge in [-0.15, -0.1) is 0 Å². The van der Waals surface area contributed by atoms with Crippen molar-refractivity contribution in [2.45, 2.75) is 38.9 Å². The SMILES string of the molecule is COCCNCC(=O)N1CCC(CN2CC(C)OC(C)C2)CC1. The number of likely N-dealkylation sites (tertiary alicyclic amines) is 1. The molecule has 2 aliphatic rings. The predicted octanol–water partition coefficient (Wildman–Crippen LogP) is 0.570. The summed E-state index contributed by atoms with van der Waals surface area (Å²) in [7, 11) is 1.67. The number of ether oxygens (including phenoxy) is 2. The van der Waals surface area contributed by atoms with E-state index >= 15 is 0 Å². The summed E-state index contributed by atoms with van der Waals surface area (Å²) in [6.45, 7) is 11.1. The molecule has 0 aliphatic carbocycles. The maximum atomic E-state index is 12.1. The first-order valence-corrected chi connectivity index (χ1v) is 8.93. The zero-order valence-electron chi connectivity index (χ0n) is 14.9. The Morgan fingerprint density at radius 1 is 1.22 bits per heavy atom.